The van der Waals surface area contributed by atoms with E-state index < -0.39 is 5.97 Å². The van der Waals surface area contributed by atoms with Crippen molar-refractivity contribution in [2.45, 2.75) is 13.8 Å². The molecule has 1 saturated heterocycles. The molecule has 1 aliphatic rings. The van der Waals surface area contributed by atoms with E-state index in [9.17, 15) is 9.90 Å². The highest BCUT2D eigenvalue weighted by atomic mass is 16.5. The van der Waals surface area contributed by atoms with E-state index in [0.717, 1.165) is 35.6 Å². The Balaban J connectivity index is 1.99. The molecule has 132 valence electrons. The Morgan fingerprint density at radius 3 is 2.72 bits per heavy atom. The number of rotatable bonds is 5. The number of ether oxygens (including phenoxy) is 2. The smallest absolute Gasteiger partial charge is 0.335 e. The molecule has 0 atom stereocenters. The normalized spacial score (nSPS) is 14.4. The number of benzene rings is 1. The summed E-state index contributed by atoms with van der Waals surface area (Å²) in [6.07, 6.45) is 1.78. The summed E-state index contributed by atoms with van der Waals surface area (Å²) < 4.78 is 11.1. The Morgan fingerprint density at radius 2 is 2.08 bits per heavy atom. The lowest BCUT2D eigenvalue weighted by Gasteiger charge is -2.29. The van der Waals surface area contributed by atoms with E-state index in [-0.39, 0.29) is 5.56 Å². The third kappa shape index (κ3) is 3.74. The minimum atomic E-state index is -0.959. The number of aromatic nitrogens is 1. The van der Waals surface area contributed by atoms with E-state index in [2.05, 4.69) is 9.88 Å². The van der Waals surface area contributed by atoms with Gasteiger partial charge in [-0.05, 0) is 43.7 Å². The standard InChI is InChI=1S/C19H22N2O4/c1-3-25-17-5-4-14(19(22)23)11-16(17)15-10-13(2)18(20-12-15)21-6-8-24-9-7-21/h4-5,10-12H,3,6-9H2,1-2H3,(H,22,23). The molecular weight excluding hydrogens is 320 g/mol. The lowest BCUT2D eigenvalue weighted by Crippen LogP contribution is -2.37. The van der Waals surface area contributed by atoms with Crippen LogP contribution in [0.5, 0.6) is 5.75 Å². The Labute approximate surface area is 147 Å². The van der Waals surface area contributed by atoms with Crippen molar-refractivity contribution in [1.29, 1.82) is 0 Å². The maximum Gasteiger partial charge on any atom is 0.335 e. The molecule has 2 aromatic rings. The van der Waals surface area contributed by atoms with Gasteiger partial charge in [0.2, 0.25) is 0 Å². The monoisotopic (exact) mass is 342 g/mol. The molecule has 0 saturated carbocycles. The maximum absolute atomic E-state index is 11.3. The van der Waals surface area contributed by atoms with Gasteiger partial charge in [-0.15, -0.1) is 0 Å². The molecule has 0 bridgehead atoms. The zero-order valence-electron chi connectivity index (χ0n) is 14.5. The van der Waals surface area contributed by atoms with E-state index >= 15 is 0 Å². The largest absolute Gasteiger partial charge is 0.493 e. The van der Waals surface area contributed by atoms with Gasteiger partial charge in [-0.1, -0.05) is 0 Å². The molecule has 0 amide bonds. The molecule has 0 spiro atoms. The molecule has 6 nitrogen and oxygen atoms in total. The van der Waals surface area contributed by atoms with Gasteiger partial charge in [0.25, 0.3) is 0 Å². The quantitative estimate of drug-likeness (QED) is 0.901. The van der Waals surface area contributed by atoms with Crippen LogP contribution in [0.3, 0.4) is 0 Å². The van der Waals surface area contributed by atoms with Crippen LogP contribution in [0.15, 0.2) is 30.5 Å². The highest BCUT2D eigenvalue weighted by Gasteiger charge is 2.17. The SMILES string of the molecule is CCOc1ccc(C(=O)O)cc1-c1cnc(N2CCOCC2)c(C)c1. The van der Waals surface area contributed by atoms with Crippen molar-refractivity contribution in [3.63, 3.8) is 0 Å². The first-order chi connectivity index (χ1) is 12.1. The second-order valence-corrected chi connectivity index (χ2v) is 5.91. The van der Waals surface area contributed by atoms with E-state index in [4.69, 9.17) is 9.47 Å². The minimum absolute atomic E-state index is 0.230. The number of carbonyl (C=O) groups is 1. The lowest BCUT2D eigenvalue weighted by atomic mass is 10.0. The van der Waals surface area contributed by atoms with Gasteiger partial charge in [-0.3, -0.25) is 0 Å². The number of aryl methyl sites for hydroxylation is 1. The summed E-state index contributed by atoms with van der Waals surface area (Å²) in [6.45, 7) is 7.49. The molecule has 1 aliphatic heterocycles. The van der Waals surface area contributed by atoms with Crippen LogP contribution >= 0.6 is 0 Å². The Bertz CT molecular complexity index is 770. The van der Waals surface area contributed by atoms with E-state index in [1.165, 1.54) is 0 Å². The number of morpholine rings is 1. The van der Waals surface area contributed by atoms with Crippen molar-refractivity contribution in [2.24, 2.45) is 0 Å². The van der Waals surface area contributed by atoms with Crippen LogP contribution in [-0.4, -0.2) is 49.0 Å². The van der Waals surface area contributed by atoms with Crippen LogP contribution in [0.4, 0.5) is 5.82 Å². The highest BCUT2D eigenvalue weighted by molar-refractivity contribution is 5.90. The van der Waals surface area contributed by atoms with Gasteiger partial charge < -0.3 is 19.5 Å². The molecule has 1 aromatic carbocycles. The molecule has 0 aliphatic carbocycles. The van der Waals surface area contributed by atoms with Gasteiger partial charge in [0, 0.05) is 30.4 Å². The van der Waals surface area contributed by atoms with Crippen LogP contribution < -0.4 is 9.64 Å². The zero-order chi connectivity index (χ0) is 17.8. The molecule has 1 N–H and O–H groups in total. The lowest BCUT2D eigenvalue weighted by molar-refractivity contribution is 0.0697. The van der Waals surface area contributed by atoms with Crippen molar-refractivity contribution in [3.05, 3.63) is 41.6 Å². The average Bonchev–Trinajstić information content (AvgIpc) is 2.63. The second-order valence-electron chi connectivity index (χ2n) is 5.91. The Hall–Kier alpha value is -2.60. The summed E-state index contributed by atoms with van der Waals surface area (Å²) >= 11 is 0. The number of carboxylic acids is 1. The van der Waals surface area contributed by atoms with Crippen molar-refractivity contribution >= 4 is 11.8 Å². The molecule has 25 heavy (non-hydrogen) atoms. The van der Waals surface area contributed by atoms with E-state index in [0.29, 0.717) is 25.6 Å². The number of carboxylic acid groups (broad SMARTS) is 1. The maximum atomic E-state index is 11.3. The summed E-state index contributed by atoms with van der Waals surface area (Å²) in [4.78, 5) is 18.1. The van der Waals surface area contributed by atoms with Crippen LogP contribution in [-0.2, 0) is 4.74 Å². The third-order valence-electron chi connectivity index (χ3n) is 4.20. The van der Waals surface area contributed by atoms with Crippen molar-refractivity contribution < 1.29 is 19.4 Å². The summed E-state index contributed by atoms with van der Waals surface area (Å²) in [6, 6.07) is 6.92. The van der Waals surface area contributed by atoms with Crippen molar-refractivity contribution in [2.75, 3.05) is 37.8 Å². The topological polar surface area (TPSA) is 71.9 Å². The Morgan fingerprint density at radius 1 is 1.32 bits per heavy atom. The molecule has 0 radical (unpaired) electrons. The molecule has 6 heteroatoms. The first-order valence-corrected chi connectivity index (χ1v) is 8.40. The van der Waals surface area contributed by atoms with E-state index in [1.807, 2.05) is 19.9 Å². The molecular formula is C19H22N2O4. The van der Waals surface area contributed by atoms with Crippen LogP contribution in [0.1, 0.15) is 22.8 Å². The number of nitrogens with zero attached hydrogens (tertiary/aromatic N) is 2. The second kappa shape index (κ2) is 7.53. The molecule has 3 rings (SSSR count). The van der Waals surface area contributed by atoms with Gasteiger partial charge in [0.1, 0.15) is 11.6 Å². The van der Waals surface area contributed by atoms with Crippen molar-refractivity contribution in [1.82, 2.24) is 4.98 Å². The fourth-order valence-electron chi connectivity index (χ4n) is 2.99. The van der Waals surface area contributed by atoms with Crippen LogP contribution in [0, 0.1) is 6.92 Å². The van der Waals surface area contributed by atoms with Crippen molar-refractivity contribution in [3.8, 4) is 16.9 Å². The van der Waals surface area contributed by atoms with Crippen LogP contribution in [0.25, 0.3) is 11.1 Å². The summed E-state index contributed by atoms with van der Waals surface area (Å²) in [5, 5.41) is 9.27. The Kier molecular flexibility index (Phi) is 5.19. The third-order valence-corrected chi connectivity index (χ3v) is 4.20. The number of hydrogen-bond acceptors (Lipinski definition) is 5. The van der Waals surface area contributed by atoms with Gasteiger partial charge in [0.15, 0.2) is 0 Å². The summed E-state index contributed by atoms with van der Waals surface area (Å²) in [5.74, 6) is 0.645. The fourth-order valence-corrected chi connectivity index (χ4v) is 2.99. The first-order valence-electron chi connectivity index (χ1n) is 8.40. The number of anilines is 1. The molecule has 2 heterocycles. The summed E-state index contributed by atoms with van der Waals surface area (Å²) in [5.41, 5.74) is 2.86. The van der Waals surface area contributed by atoms with Gasteiger partial charge in [0.05, 0.1) is 25.4 Å². The first kappa shape index (κ1) is 17.2. The fraction of sp³-hybridized carbons (Fsp3) is 0.368. The highest BCUT2D eigenvalue weighted by Crippen LogP contribution is 2.33. The average molecular weight is 342 g/mol. The minimum Gasteiger partial charge on any atom is -0.493 e. The predicted molar refractivity (Wildman–Crippen MR) is 95.6 cm³/mol. The van der Waals surface area contributed by atoms with Gasteiger partial charge in [-0.2, -0.15) is 0 Å². The van der Waals surface area contributed by atoms with Gasteiger partial charge >= 0.3 is 5.97 Å². The van der Waals surface area contributed by atoms with Crippen LogP contribution in [0.2, 0.25) is 0 Å². The van der Waals surface area contributed by atoms with Gasteiger partial charge in [-0.25, -0.2) is 9.78 Å². The summed E-state index contributed by atoms with van der Waals surface area (Å²) in [7, 11) is 0. The molecule has 1 aromatic heterocycles. The number of pyridine rings is 1. The molecule has 0 unspecified atom stereocenters. The zero-order valence-corrected chi connectivity index (χ0v) is 14.5. The van der Waals surface area contributed by atoms with E-state index in [1.54, 1.807) is 24.4 Å². The molecule has 1 fully saturated rings. The number of hydrogen-bond donors (Lipinski definition) is 1. The number of aromatic carboxylic acids is 1. The predicted octanol–water partition coefficient (Wildman–Crippen LogP) is 2.99.